The first-order valence-corrected chi connectivity index (χ1v) is 4.80. The molecule has 14 heavy (non-hydrogen) atoms. The van der Waals surface area contributed by atoms with Crippen molar-refractivity contribution >= 4 is 23.0 Å². The van der Waals surface area contributed by atoms with Crippen LogP contribution in [0.5, 0.6) is 0 Å². The van der Waals surface area contributed by atoms with Crippen LogP contribution in [0.1, 0.15) is 16.2 Å². The Morgan fingerprint density at radius 2 is 2.36 bits per heavy atom. The number of halogens is 1. The van der Waals surface area contributed by atoms with E-state index in [-0.39, 0.29) is 11.7 Å². The summed E-state index contributed by atoms with van der Waals surface area (Å²) in [7, 11) is 0. The highest BCUT2D eigenvalue weighted by molar-refractivity contribution is 6.30. The Bertz CT molecular complexity index is 490. The van der Waals surface area contributed by atoms with E-state index in [1.165, 1.54) is 0 Å². The second-order valence-corrected chi connectivity index (χ2v) is 3.30. The van der Waals surface area contributed by atoms with Gasteiger partial charge < -0.3 is 0 Å². The minimum atomic E-state index is -0.0946. The van der Waals surface area contributed by atoms with Crippen LogP contribution >= 0.6 is 11.6 Å². The van der Waals surface area contributed by atoms with Gasteiger partial charge in [0.1, 0.15) is 11.3 Å². The van der Waals surface area contributed by atoms with Crippen molar-refractivity contribution in [2.45, 2.75) is 6.92 Å². The van der Waals surface area contributed by atoms with Crippen LogP contribution in [-0.2, 0) is 0 Å². The molecule has 0 N–H and O–H groups in total. The zero-order valence-electron chi connectivity index (χ0n) is 7.70. The number of rotatable bonds is 2. The molecule has 4 heteroatoms. The number of fused-ring (bicyclic) bond motifs is 1. The minimum Gasteiger partial charge on any atom is -0.297 e. The van der Waals surface area contributed by atoms with Crippen LogP contribution in [0.4, 0.5) is 0 Å². The summed E-state index contributed by atoms with van der Waals surface area (Å²) in [5, 5.41) is 0. The van der Waals surface area contributed by atoms with E-state index in [9.17, 15) is 4.79 Å². The molecule has 2 aromatic rings. The van der Waals surface area contributed by atoms with Gasteiger partial charge in [0.05, 0.1) is 11.6 Å². The molecular weight excluding hydrogens is 200 g/mol. The molecule has 72 valence electrons. The second-order valence-electron chi connectivity index (χ2n) is 3.03. The Morgan fingerprint density at radius 3 is 3.07 bits per heavy atom. The molecule has 0 atom stereocenters. The van der Waals surface area contributed by atoms with Gasteiger partial charge in [-0.05, 0) is 19.1 Å². The molecule has 2 rings (SSSR count). The summed E-state index contributed by atoms with van der Waals surface area (Å²) < 4.78 is 1.76. The first kappa shape index (κ1) is 9.21. The zero-order chi connectivity index (χ0) is 10.1. The first-order valence-electron chi connectivity index (χ1n) is 4.27. The number of alkyl halides is 1. The third kappa shape index (κ3) is 1.30. The van der Waals surface area contributed by atoms with Crippen LogP contribution in [0.15, 0.2) is 24.4 Å². The molecular formula is C10H9ClN2O. The molecule has 0 saturated carbocycles. The van der Waals surface area contributed by atoms with E-state index in [1.807, 2.05) is 31.3 Å². The van der Waals surface area contributed by atoms with Gasteiger partial charge in [-0.1, -0.05) is 6.07 Å². The van der Waals surface area contributed by atoms with Gasteiger partial charge in [0.15, 0.2) is 5.78 Å². The Balaban J connectivity index is 2.74. The molecule has 0 aliphatic carbocycles. The first-order chi connectivity index (χ1) is 6.74. The van der Waals surface area contributed by atoms with Crippen molar-refractivity contribution in [3.05, 3.63) is 35.8 Å². The van der Waals surface area contributed by atoms with Crippen LogP contribution in [0, 0.1) is 6.92 Å². The normalized spacial score (nSPS) is 10.7. The summed E-state index contributed by atoms with van der Waals surface area (Å²) in [5.74, 6) is -0.105. The highest BCUT2D eigenvalue weighted by Gasteiger charge is 2.14. The van der Waals surface area contributed by atoms with Crippen LogP contribution < -0.4 is 0 Å². The Hall–Kier alpha value is -1.35. The number of aryl methyl sites for hydroxylation is 1. The average molecular weight is 209 g/mol. The Labute approximate surface area is 86.3 Å². The lowest BCUT2D eigenvalue weighted by Gasteiger charge is -1.98. The van der Waals surface area contributed by atoms with Gasteiger partial charge in [0.25, 0.3) is 0 Å². The van der Waals surface area contributed by atoms with Gasteiger partial charge >= 0.3 is 0 Å². The molecule has 0 radical (unpaired) electrons. The van der Waals surface area contributed by atoms with Crippen LogP contribution in [-0.4, -0.2) is 21.0 Å². The van der Waals surface area contributed by atoms with E-state index in [1.54, 1.807) is 4.40 Å². The Morgan fingerprint density at radius 1 is 1.57 bits per heavy atom. The molecule has 0 amide bonds. The lowest BCUT2D eigenvalue weighted by atomic mass is 10.2. The number of Topliss-reactive ketones (excluding diaryl/α,β-unsaturated/α-hetero) is 1. The topological polar surface area (TPSA) is 34.4 Å². The molecule has 0 aliphatic rings. The molecule has 0 aliphatic heterocycles. The van der Waals surface area contributed by atoms with Crippen molar-refractivity contribution in [2.75, 3.05) is 5.88 Å². The number of carbonyl (C=O) groups excluding carboxylic acids is 1. The van der Waals surface area contributed by atoms with Gasteiger partial charge in [0, 0.05) is 6.20 Å². The summed E-state index contributed by atoms with van der Waals surface area (Å²) in [6.07, 6.45) is 1.81. The van der Waals surface area contributed by atoms with E-state index in [0.29, 0.717) is 5.69 Å². The maximum absolute atomic E-state index is 11.5. The van der Waals surface area contributed by atoms with E-state index in [2.05, 4.69) is 4.98 Å². The van der Waals surface area contributed by atoms with Crippen molar-refractivity contribution in [2.24, 2.45) is 0 Å². The van der Waals surface area contributed by atoms with Gasteiger partial charge in [0.2, 0.25) is 0 Å². The number of carbonyl (C=O) groups is 1. The largest absolute Gasteiger partial charge is 0.297 e. The summed E-state index contributed by atoms with van der Waals surface area (Å²) in [4.78, 5) is 15.8. The van der Waals surface area contributed by atoms with Gasteiger partial charge in [-0.2, -0.15) is 0 Å². The highest BCUT2D eigenvalue weighted by Crippen LogP contribution is 2.12. The third-order valence-corrected chi connectivity index (χ3v) is 2.33. The van der Waals surface area contributed by atoms with Crippen LogP contribution in [0.25, 0.3) is 5.65 Å². The minimum absolute atomic E-state index is 0.0104. The summed E-state index contributed by atoms with van der Waals surface area (Å²) in [5.41, 5.74) is 2.08. The number of pyridine rings is 1. The number of nitrogens with zero attached hydrogens (tertiary/aromatic N) is 2. The number of aromatic nitrogens is 2. The predicted molar refractivity (Wildman–Crippen MR) is 55.0 cm³/mol. The maximum Gasteiger partial charge on any atom is 0.196 e. The van der Waals surface area contributed by atoms with Gasteiger partial charge in [-0.25, -0.2) is 4.98 Å². The molecule has 3 nitrogen and oxygen atoms in total. The molecule has 0 bridgehead atoms. The second kappa shape index (κ2) is 3.42. The summed E-state index contributed by atoms with van der Waals surface area (Å²) in [6, 6.07) is 5.61. The standard InChI is InChI=1S/C10H9ClN2O/c1-7-10(8(14)6-11)13-5-3-2-4-9(13)12-7/h2-5H,6H2,1H3. The SMILES string of the molecule is Cc1nc2ccccn2c1C(=O)CCl. The maximum atomic E-state index is 11.5. The molecule has 2 aromatic heterocycles. The van der Waals surface area contributed by atoms with Crippen molar-refractivity contribution in [3.8, 4) is 0 Å². The third-order valence-electron chi connectivity index (χ3n) is 2.09. The van der Waals surface area contributed by atoms with E-state index < -0.39 is 0 Å². The van der Waals surface area contributed by atoms with Crippen molar-refractivity contribution in [1.29, 1.82) is 0 Å². The molecule has 2 heterocycles. The molecule has 0 aromatic carbocycles. The fraction of sp³-hybridized carbons (Fsp3) is 0.200. The lowest BCUT2D eigenvalue weighted by molar-refractivity contribution is 0.101. The smallest absolute Gasteiger partial charge is 0.196 e. The molecule has 0 saturated heterocycles. The highest BCUT2D eigenvalue weighted by atomic mass is 35.5. The molecule has 0 spiro atoms. The number of hydrogen-bond donors (Lipinski definition) is 0. The van der Waals surface area contributed by atoms with Crippen molar-refractivity contribution < 1.29 is 4.79 Å². The molecule has 0 fully saturated rings. The van der Waals surface area contributed by atoms with E-state index in [0.717, 1.165) is 11.3 Å². The number of ketones is 1. The predicted octanol–water partition coefficient (Wildman–Crippen LogP) is 2.06. The number of hydrogen-bond acceptors (Lipinski definition) is 2. The van der Waals surface area contributed by atoms with E-state index in [4.69, 9.17) is 11.6 Å². The fourth-order valence-corrected chi connectivity index (χ4v) is 1.64. The quantitative estimate of drug-likeness (QED) is 0.559. The summed E-state index contributed by atoms with van der Waals surface area (Å²) >= 11 is 5.53. The van der Waals surface area contributed by atoms with Crippen LogP contribution in [0.3, 0.4) is 0 Å². The fourth-order valence-electron chi connectivity index (χ4n) is 1.51. The van der Waals surface area contributed by atoms with Crippen LogP contribution in [0.2, 0.25) is 0 Å². The number of imidazole rings is 1. The molecule has 0 unspecified atom stereocenters. The van der Waals surface area contributed by atoms with Crippen molar-refractivity contribution in [3.63, 3.8) is 0 Å². The Kier molecular flexibility index (Phi) is 2.25. The van der Waals surface area contributed by atoms with Gasteiger partial charge in [-0.3, -0.25) is 9.20 Å². The van der Waals surface area contributed by atoms with Gasteiger partial charge in [-0.15, -0.1) is 11.6 Å². The van der Waals surface area contributed by atoms with E-state index >= 15 is 0 Å². The monoisotopic (exact) mass is 208 g/mol. The average Bonchev–Trinajstić information content (AvgIpc) is 2.53. The lowest BCUT2D eigenvalue weighted by Crippen LogP contribution is -2.06. The zero-order valence-corrected chi connectivity index (χ0v) is 8.45. The van der Waals surface area contributed by atoms with Crippen molar-refractivity contribution in [1.82, 2.24) is 9.38 Å². The summed E-state index contributed by atoms with van der Waals surface area (Å²) in [6.45, 7) is 1.81.